The van der Waals surface area contributed by atoms with Crippen molar-refractivity contribution < 1.29 is 18.7 Å². The van der Waals surface area contributed by atoms with Crippen molar-refractivity contribution in [2.24, 2.45) is 0 Å². The predicted octanol–water partition coefficient (Wildman–Crippen LogP) is 4.24. The Balaban J connectivity index is 1.57. The Morgan fingerprint density at radius 2 is 1.94 bits per heavy atom. The first-order valence-corrected chi connectivity index (χ1v) is 10.8. The van der Waals surface area contributed by atoms with Gasteiger partial charge in [0.15, 0.2) is 0 Å². The maximum absolute atomic E-state index is 12.9. The number of hydrogen-bond acceptors (Lipinski definition) is 7. The number of nitrogens with one attached hydrogen (secondary N) is 1. The highest BCUT2D eigenvalue weighted by Gasteiger charge is 2.27. The number of nitrogens with zero attached hydrogens (tertiary/aromatic N) is 4. The van der Waals surface area contributed by atoms with Gasteiger partial charge in [0.05, 0.1) is 11.7 Å². The van der Waals surface area contributed by atoms with E-state index in [0.29, 0.717) is 47.7 Å². The van der Waals surface area contributed by atoms with Crippen LogP contribution in [0.3, 0.4) is 0 Å². The average molecular weight is 478 g/mol. The number of anilines is 2. The van der Waals surface area contributed by atoms with Crippen LogP contribution in [0.2, 0.25) is 0 Å². The van der Waals surface area contributed by atoms with Crippen LogP contribution < -0.4 is 10.2 Å². The molecule has 1 atom stereocenters. The van der Waals surface area contributed by atoms with Crippen molar-refractivity contribution >= 4 is 40.8 Å². The van der Waals surface area contributed by atoms with Crippen molar-refractivity contribution in [1.82, 2.24) is 15.0 Å². The summed E-state index contributed by atoms with van der Waals surface area (Å²) in [6.07, 6.45) is 6.34. The minimum Gasteiger partial charge on any atom is -0.391 e. The summed E-state index contributed by atoms with van der Waals surface area (Å²) in [5, 5.41) is 12.6. The highest BCUT2D eigenvalue weighted by Crippen LogP contribution is 2.39. The molecule has 2 N–H and O–H groups in total. The lowest BCUT2D eigenvalue weighted by Crippen LogP contribution is -2.23. The smallest absolute Gasteiger partial charge is 0.375 e. The van der Waals surface area contributed by atoms with Gasteiger partial charge in [-0.2, -0.15) is 8.78 Å². The molecule has 0 aliphatic carbocycles. The molecule has 0 saturated carbocycles. The highest BCUT2D eigenvalue weighted by molar-refractivity contribution is 8.01. The van der Waals surface area contributed by atoms with Crippen molar-refractivity contribution in [2.45, 2.75) is 22.1 Å². The van der Waals surface area contributed by atoms with Crippen LogP contribution in [0, 0.1) is 0 Å². The number of β-amino-alcohol motifs (C(OH)–C–C–N with tert-alkyl or cyclic N) is 1. The van der Waals surface area contributed by atoms with Gasteiger partial charge in [0, 0.05) is 53.4 Å². The molecule has 32 heavy (non-hydrogen) atoms. The van der Waals surface area contributed by atoms with Crippen LogP contribution in [0.5, 0.6) is 0 Å². The van der Waals surface area contributed by atoms with Gasteiger partial charge in [-0.3, -0.25) is 4.79 Å². The fraction of sp³-hybridized carbons (Fsp3) is 0.238. The summed E-state index contributed by atoms with van der Waals surface area (Å²) < 4.78 is 22.4. The fourth-order valence-corrected chi connectivity index (χ4v) is 4.17. The SMILES string of the molecule is O=C(Nc1ccc(SC(F)(F)Cl)cc1)c1cnc(N2CCC(O)C2)c(-c2cncnc2)c1. The minimum absolute atomic E-state index is 0.213. The molecule has 1 fully saturated rings. The molecule has 1 aliphatic rings. The third-order valence-corrected chi connectivity index (χ3v) is 5.78. The maximum Gasteiger partial charge on any atom is 0.375 e. The number of carbonyl (C=O) groups is 1. The average Bonchev–Trinajstić information content (AvgIpc) is 3.20. The maximum atomic E-state index is 12.9. The molecule has 1 aromatic carbocycles. The van der Waals surface area contributed by atoms with Crippen LogP contribution in [-0.4, -0.2) is 49.9 Å². The first-order valence-electron chi connectivity index (χ1n) is 9.64. The standard InChI is InChI=1S/C21H18ClF2N5O2S/c22-21(23,24)32-17-3-1-15(2-4-17)28-20(31)13-7-18(14-8-25-12-26-9-14)19(27-10-13)29-6-5-16(30)11-29/h1-4,7-10,12,16,30H,5-6,11H2,(H,28,31). The summed E-state index contributed by atoms with van der Waals surface area (Å²) in [6, 6.07) is 7.62. The number of carbonyl (C=O) groups excluding carboxylic acids is 1. The first kappa shape index (κ1) is 22.4. The number of pyridine rings is 1. The number of benzene rings is 1. The van der Waals surface area contributed by atoms with E-state index < -0.39 is 16.7 Å². The van der Waals surface area contributed by atoms with Crippen molar-refractivity contribution in [1.29, 1.82) is 0 Å². The summed E-state index contributed by atoms with van der Waals surface area (Å²) in [5.74, 6) is 0.225. The van der Waals surface area contributed by atoms with E-state index in [-0.39, 0.29) is 16.7 Å². The lowest BCUT2D eigenvalue weighted by Gasteiger charge is -2.20. The lowest BCUT2D eigenvalue weighted by molar-refractivity contribution is 0.102. The molecule has 7 nitrogen and oxygen atoms in total. The molecule has 11 heteroatoms. The van der Waals surface area contributed by atoms with Crippen LogP contribution in [0.4, 0.5) is 20.3 Å². The molecule has 1 unspecified atom stereocenters. The molecule has 0 radical (unpaired) electrons. The number of aliphatic hydroxyl groups is 1. The number of halogens is 3. The number of rotatable bonds is 6. The summed E-state index contributed by atoms with van der Waals surface area (Å²) in [5.41, 5.74) is 2.10. The highest BCUT2D eigenvalue weighted by atomic mass is 35.5. The third kappa shape index (κ3) is 5.50. The monoisotopic (exact) mass is 477 g/mol. The van der Waals surface area contributed by atoms with E-state index in [0.717, 1.165) is 0 Å². The van der Waals surface area contributed by atoms with Crippen LogP contribution in [0.25, 0.3) is 11.1 Å². The Morgan fingerprint density at radius 1 is 1.22 bits per heavy atom. The molecule has 1 amide bonds. The zero-order valence-corrected chi connectivity index (χ0v) is 18.2. The molecule has 166 valence electrons. The van der Waals surface area contributed by atoms with E-state index in [1.54, 1.807) is 18.5 Å². The van der Waals surface area contributed by atoms with Gasteiger partial charge in [0.25, 0.3) is 5.91 Å². The second-order valence-corrected chi connectivity index (χ2v) is 9.02. The van der Waals surface area contributed by atoms with Crippen molar-refractivity contribution in [2.75, 3.05) is 23.3 Å². The molecule has 3 heterocycles. The van der Waals surface area contributed by atoms with Gasteiger partial charge >= 0.3 is 4.71 Å². The number of hydrogen-bond donors (Lipinski definition) is 2. The van der Waals surface area contributed by atoms with E-state index in [2.05, 4.69) is 20.3 Å². The van der Waals surface area contributed by atoms with E-state index in [9.17, 15) is 18.7 Å². The van der Waals surface area contributed by atoms with Gasteiger partial charge < -0.3 is 15.3 Å². The Hall–Kier alpha value is -2.82. The van der Waals surface area contributed by atoms with Gasteiger partial charge in [-0.05, 0) is 60.1 Å². The Morgan fingerprint density at radius 3 is 2.56 bits per heavy atom. The first-order chi connectivity index (χ1) is 15.3. The van der Waals surface area contributed by atoms with Gasteiger partial charge in [-0.25, -0.2) is 15.0 Å². The summed E-state index contributed by atoms with van der Waals surface area (Å²) >= 11 is 5.14. The van der Waals surface area contributed by atoms with E-state index in [1.807, 2.05) is 4.90 Å². The molecular weight excluding hydrogens is 460 g/mol. The number of aromatic nitrogens is 3. The summed E-state index contributed by atoms with van der Waals surface area (Å²) in [6.45, 7) is 1.09. The van der Waals surface area contributed by atoms with Crippen LogP contribution >= 0.6 is 23.4 Å². The van der Waals surface area contributed by atoms with Crippen LogP contribution in [0.1, 0.15) is 16.8 Å². The molecule has 0 spiro atoms. The Bertz CT molecular complexity index is 1100. The number of thioether (sulfide) groups is 1. The normalized spacial score (nSPS) is 16.2. The van der Waals surface area contributed by atoms with E-state index >= 15 is 0 Å². The van der Waals surface area contributed by atoms with Gasteiger partial charge in [-0.15, -0.1) is 0 Å². The summed E-state index contributed by atoms with van der Waals surface area (Å²) in [7, 11) is 0. The Labute approximate surface area is 191 Å². The molecule has 4 rings (SSSR count). The van der Waals surface area contributed by atoms with Crippen molar-refractivity contribution in [3.8, 4) is 11.1 Å². The molecule has 1 aliphatic heterocycles. The number of aliphatic hydroxyl groups excluding tert-OH is 1. The lowest BCUT2D eigenvalue weighted by atomic mass is 10.1. The second kappa shape index (κ2) is 9.35. The zero-order valence-electron chi connectivity index (χ0n) is 16.6. The molecular formula is C21H18ClF2N5O2S. The van der Waals surface area contributed by atoms with E-state index in [4.69, 9.17) is 11.6 Å². The predicted molar refractivity (Wildman–Crippen MR) is 119 cm³/mol. The minimum atomic E-state index is -3.40. The van der Waals surface area contributed by atoms with E-state index in [1.165, 1.54) is 36.8 Å². The van der Waals surface area contributed by atoms with Crippen molar-refractivity contribution in [3.63, 3.8) is 0 Å². The Kier molecular flexibility index (Phi) is 6.54. The second-order valence-electron chi connectivity index (χ2n) is 7.14. The fourth-order valence-electron chi connectivity index (χ4n) is 3.36. The largest absolute Gasteiger partial charge is 0.391 e. The summed E-state index contributed by atoms with van der Waals surface area (Å²) in [4.78, 5) is 27.6. The zero-order chi connectivity index (χ0) is 22.7. The number of alkyl halides is 3. The number of amides is 1. The van der Waals surface area contributed by atoms with Crippen LogP contribution in [0.15, 0.2) is 60.1 Å². The molecule has 1 saturated heterocycles. The van der Waals surface area contributed by atoms with Gasteiger partial charge in [-0.1, -0.05) is 0 Å². The molecule has 2 aromatic heterocycles. The molecule has 3 aromatic rings. The van der Waals surface area contributed by atoms with Crippen molar-refractivity contribution in [3.05, 3.63) is 60.8 Å². The van der Waals surface area contributed by atoms with Gasteiger partial charge in [0.1, 0.15) is 12.1 Å². The molecule has 0 bridgehead atoms. The third-order valence-electron chi connectivity index (χ3n) is 4.81. The topological polar surface area (TPSA) is 91.2 Å². The quantitative estimate of drug-likeness (QED) is 0.405. The van der Waals surface area contributed by atoms with Gasteiger partial charge in [0.2, 0.25) is 0 Å². The van der Waals surface area contributed by atoms with Crippen LogP contribution in [-0.2, 0) is 0 Å².